The summed E-state index contributed by atoms with van der Waals surface area (Å²) in [4.78, 5) is 8.49. The molecule has 108 valence electrons. The lowest BCUT2D eigenvalue weighted by atomic mass is 9.97. The highest BCUT2D eigenvalue weighted by atomic mass is 32.2. The molecule has 1 fully saturated rings. The molecule has 19 heavy (non-hydrogen) atoms. The van der Waals surface area contributed by atoms with Crippen molar-refractivity contribution in [3.63, 3.8) is 0 Å². The molecule has 0 atom stereocenters. The van der Waals surface area contributed by atoms with E-state index in [4.69, 9.17) is 5.14 Å². The molecule has 0 aromatic carbocycles. The number of piperidine rings is 1. The van der Waals surface area contributed by atoms with Crippen LogP contribution in [-0.4, -0.2) is 52.0 Å². The maximum Gasteiger partial charge on any atom is 0.249 e. The summed E-state index contributed by atoms with van der Waals surface area (Å²) in [6, 6.07) is 0. The van der Waals surface area contributed by atoms with Crippen molar-refractivity contribution in [1.29, 1.82) is 0 Å². The van der Waals surface area contributed by atoms with Gasteiger partial charge in [0.15, 0.2) is 9.34 Å². The third-order valence-corrected chi connectivity index (χ3v) is 5.97. The summed E-state index contributed by atoms with van der Waals surface area (Å²) < 4.78 is 22.6. The van der Waals surface area contributed by atoms with Crippen LogP contribution in [-0.2, 0) is 10.0 Å². The first-order valence-corrected chi connectivity index (χ1v) is 8.61. The van der Waals surface area contributed by atoms with E-state index >= 15 is 0 Å². The van der Waals surface area contributed by atoms with Gasteiger partial charge in [-0.15, -0.1) is 0 Å². The van der Waals surface area contributed by atoms with E-state index in [2.05, 4.69) is 16.9 Å². The normalized spacial score (nSPS) is 18.7. The van der Waals surface area contributed by atoms with Crippen molar-refractivity contribution in [2.75, 3.05) is 38.6 Å². The molecule has 6 nitrogen and oxygen atoms in total. The summed E-state index contributed by atoms with van der Waals surface area (Å²) in [5.74, 6) is 0.642. The molecule has 1 aliphatic heterocycles. The second-order valence-electron chi connectivity index (χ2n) is 5.13. The molecule has 0 unspecified atom stereocenters. The zero-order valence-corrected chi connectivity index (χ0v) is 12.9. The Morgan fingerprint density at radius 2 is 2.16 bits per heavy atom. The molecule has 0 amide bonds. The minimum absolute atomic E-state index is 0.123. The monoisotopic (exact) mass is 304 g/mol. The van der Waals surface area contributed by atoms with Gasteiger partial charge in [0, 0.05) is 13.6 Å². The van der Waals surface area contributed by atoms with Gasteiger partial charge in [0.2, 0.25) is 10.0 Å². The molecule has 1 saturated heterocycles. The van der Waals surface area contributed by atoms with Crippen LogP contribution in [0.2, 0.25) is 0 Å². The largest absolute Gasteiger partial charge is 0.351 e. The quantitative estimate of drug-likeness (QED) is 0.879. The summed E-state index contributed by atoms with van der Waals surface area (Å²) in [5.41, 5.74) is 0. The van der Waals surface area contributed by atoms with Crippen molar-refractivity contribution >= 4 is 26.5 Å². The van der Waals surface area contributed by atoms with E-state index in [-0.39, 0.29) is 4.21 Å². The number of thiazole rings is 1. The number of nitrogens with zero attached hydrogens (tertiary/aromatic N) is 3. The molecule has 1 aromatic heterocycles. The van der Waals surface area contributed by atoms with Gasteiger partial charge in [-0.25, -0.2) is 18.5 Å². The lowest BCUT2D eigenvalue weighted by Gasteiger charge is -2.31. The molecule has 2 heterocycles. The van der Waals surface area contributed by atoms with Gasteiger partial charge in [-0.1, -0.05) is 11.3 Å². The topological polar surface area (TPSA) is 79.5 Å². The Morgan fingerprint density at radius 1 is 1.53 bits per heavy atom. The standard InChI is InChI=1S/C11H20N4O2S2/c1-14-5-3-9(4-6-14)8-15(2)11-13-7-10(18-11)19(12,16)17/h7,9H,3-6,8H2,1-2H3,(H2,12,16,17). The fourth-order valence-corrected chi connectivity index (χ4v) is 3.78. The van der Waals surface area contributed by atoms with Crippen molar-refractivity contribution in [2.45, 2.75) is 17.1 Å². The third-order valence-electron chi connectivity index (χ3n) is 3.45. The Hall–Kier alpha value is -0.700. The maximum atomic E-state index is 11.2. The van der Waals surface area contributed by atoms with Crippen molar-refractivity contribution in [2.24, 2.45) is 11.1 Å². The SMILES string of the molecule is CN1CCC(CN(C)c2ncc(S(N)(=O)=O)s2)CC1. The highest BCUT2D eigenvalue weighted by molar-refractivity contribution is 7.91. The Balaban J connectivity index is 1.96. The molecule has 2 N–H and O–H groups in total. The number of rotatable bonds is 4. The molecule has 0 spiro atoms. The first kappa shape index (κ1) is 14.7. The van der Waals surface area contributed by atoms with Gasteiger partial charge in [0.1, 0.15) is 0 Å². The molecular weight excluding hydrogens is 284 g/mol. The Bertz CT molecular complexity index is 521. The van der Waals surface area contributed by atoms with Crippen LogP contribution in [0.5, 0.6) is 0 Å². The van der Waals surface area contributed by atoms with Gasteiger partial charge < -0.3 is 9.80 Å². The van der Waals surface area contributed by atoms with Crippen LogP contribution in [0.1, 0.15) is 12.8 Å². The number of hydrogen-bond donors (Lipinski definition) is 1. The van der Waals surface area contributed by atoms with Crippen LogP contribution in [0.25, 0.3) is 0 Å². The van der Waals surface area contributed by atoms with Gasteiger partial charge in [0.05, 0.1) is 6.20 Å². The van der Waals surface area contributed by atoms with Gasteiger partial charge in [0.25, 0.3) is 0 Å². The van der Waals surface area contributed by atoms with Gasteiger partial charge in [-0.2, -0.15) is 0 Å². The first-order valence-electron chi connectivity index (χ1n) is 6.24. The molecule has 0 bridgehead atoms. The van der Waals surface area contributed by atoms with Crippen molar-refractivity contribution < 1.29 is 8.42 Å². The second-order valence-corrected chi connectivity index (χ2v) is 7.93. The summed E-state index contributed by atoms with van der Waals surface area (Å²) in [5, 5.41) is 5.80. The average molecular weight is 304 g/mol. The van der Waals surface area contributed by atoms with E-state index in [0.29, 0.717) is 11.0 Å². The summed E-state index contributed by atoms with van der Waals surface area (Å²) >= 11 is 1.13. The molecular formula is C11H20N4O2S2. The minimum atomic E-state index is -3.63. The number of anilines is 1. The summed E-state index contributed by atoms with van der Waals surface area (Å²) in [6.45, 7) is 3.16. The lowest BCUT2D eigenvalue weighted by Crippen LogP contribution is -2.35. The number of primary sulfonamides is 1. The molecule has 0 saturated carbocycles. The van der Waals surface area contributed by atoms with Gasteiger partial charge >= 0.3 is 0 Å². The Kier molecular flexibility index (Phi) is 4.44. The number of nitrogens with two attached hydrogens (primary N) is 1. The predicted octanol–water partition coefficient (Wildman–Crippen LogP) is 0.568. The molecule has 0 aliphatic carbocycles. The number of likely N-dealkylation sites (tertiary alicyclic amines) is 1. The van der Waals surface area contributed by atoms with E-state index < -0.39 is 10.0 Å². The summed E-state index contributed by atoms with van der Waals surface area (Å²) in [7, 11) is 0.453. The Labute approximate surface area is 118 Å². The van der Waals surface area contributed by atoms with Crippen LogP contribution >= 0.6 is 11.3 Å². The zero-order valence-electron chi connectivity index (χ0n) is 11.2. The van der Waals surface area contributed by atoms with Crippen LogP contribution in [0, 0.1) is 5.92 Å². The lowest BCUT2D eigenvalue weighted by molar-refractivity contribution is 0.222. The van der Waals surface area contributed by atoms with Gasteiger partial charge in [-0.05, 0) is 38.9 Å². The van der Waals surface area contributed by atoms with Crippen LogP contribution in [0.15, 0.2) is 10.4 Å². The van der Waals surface area contributed by atoms with Crippen molar-refractivity contribution in [3.05, 3.63) is 6.20 Å². The van der Waals surface area contributed by atoms with E-state index in [1.54, 1.807) is 0 Å². The molecule has 0 radical (unpaired) electrons. The molecule has 8 heteroatoms. The third kappa shape index (κ3) is 3.88. The first-order chi connectivity index (χ1) is 8.86. The van der Waals surface area contributed by atoms with Crippen molar-refractivity contribution in [1.82, 2.24) is 9.88 Å². The maximum absolute atomic E-state index is 11.2. The van der Waals surface area contributed by atoms with Crippen LogP contribution < -0.4 is 10.0 Å². The predicted molar refractivity (Wildman–Crippen MR) is 77.0 cm³/mol. The Morgan fingerprint density at radius 3 is 2.68 bits per heavy atom. The molecule has 2 rings (SSSR count). The molecule has 1 aliphatic rings. The highest BCUT2D eigenvalue weighted by Gasteiger charge is 2.20. The van der Waals surface area contributed by atoms with E-state index in [0.717, 1.165) is 31.0 Å². The van der Waals surface area contributed by atoms with E-state index in [9.17, 15) is 8.42 Å². The van der Waals surface area contributed by atoms with E-state index in [1.165, 1.54) is 19.0 Å². The number of aromatic nitrogens is 1. The second kappa shape index (κ2) is 5.74. The smallest absolute Gasteiger partial charge is 0.249 e. The van der Waals surface area contributed by atoms with Crippen LogP contribution in [0.3, 0.4) is 0 Å². The van der Waals surface area contributed by atoms with Gasteiger partial charge in [-0.3, -0.25) is 0 Å². The summed E-state index contributed by atoms with van der Waals surface area (Å²) in [6.07, 6.45) is 3.68. The fourth-order valence-electron chi connectivity index (χ4n) is 2.27. The highest BCUT2D eigenvalue weighted by Crippen LogP contribution is 2.26. The molecule has 1 aromatic rings. The fraction of sp³-hybridized carbons (Fsp3) is 0.727. The number of sulfonamides is 1. The van der Waals surface area contributed by atoms with Crippen LogP contribution in [0.4, 0.5) is 5.13 Å². The zero-order chi connectivity index (χ0) is 14.0. The minimum Gasteiger partial charge on any atom is -0.351 e. The van der Waals surface area contributed by atoms with E-state index in [1.807, 2.05) is 11.9 Å². The number of hydrogen-bond acceptors (Lipinski definition) is 6. The average Bonchev–Trinajstić information content (AvgIpc) is 2.81. The van der Waals surface area contributed by atoms with Crippen molar-refractivity contribution in [3.8, 4) is 0 Å².